The summed E-state index contributed by atoms with van der Waals surface area (Å²) in [6, 6.07) is 71.8. The number of nitrogens with zero attached hydrogens (tertiary/aromatic N) is 1. The molecular formula is C50H33NO. The van der Waals surface area contributed by atoms with Crippen LogP contribution in [-0.2, 0) is 0 Å². The standard InChI is InChI=1S/C50H33NO/c1-2-14-34(15-3-1)35-18-13-21-40(31-35)51(48-32-37-16-4-6-22-41(37)43-23-8-10-26-46(43)48)47-29-28-42(44-24-7-9-25-45(44)47)36-19-12-20-38(30-36)50-33-39-17-5-11-27-49(39)52-50/h1-33H. The van der Waals surface area contributed by atoms with Gasteiger partial charge in [-0.3, -0.25) is 0 Å². The van der Waals surface area contributed by atoms with Crippen LogP contribution in [0.1, 0.15) is 0 Å². The molecule has 0 unspecified atom stereocenters. The van der Waals surface area contributed by atoms with E-state index in [9.17, 15) is 0 Å². The van der Waals surface area contributed by atoms with Crippen LogP contribution < -0.4 is 4.90 Å². The predicted octanol–water partition coefficient (Wildman–Crippen LogP) is 14.4. The molecule has 0 fully saturated rings. The zero-order valence-electron chi connectivity index (χ0n) is 28.4. The third-order valence-corrected chi connectivity index (χ3v) is 10.2. The van der Waals surface area contributed by atoms with Gasteiger partial charge in [0.25, 0.3) is 0 Å². The lowest BCUT2D eigenvalue weighted by molar-refractivity contribution is 0.631. The summed E-state index contributed by atoms with van der Waals surface area (Å²) in [5.74, 6) is 0.872. The zero-order valence-corrected chi connectivity index (χ0v) is 28.4. The molecule has 2 heteroatoms. The van der Waals surface area contributed by atoms with Crippen molar-refractivity contribution in [2.24, 2.45) is 0 Å². The van der Waals surface area contributed by atoms with Gasteiger partial charge in [0.1, 0.15) is 11.3 Å². The number of para-hydroxylation sites is 1. The van der Waals surface area contributed by atoms with E-state index < -0.39 is 0 Å². The molecule has 2 nitrogen and oxygen atoms in total. The minimum absolute atomic E-state index is 0.872. The van der Waals surface area contributed by atoms with Gasteiger partial charge < -0.3 is 9.32 Å². The summed E-state index contributed by atoms with van der Waals surface area (Å²) in [5, 5.41) is 8.39. The van der Waals surface area contributed by atoms with E-state index in [0.717, 1.165) is 44.9 Å². The molecule has 9 aromatic carbocycles. The largest absolute Gasteiger partial charge is 0.456 e. The summed E-state index contributed by atoms with van der Waals surface area (Å²) >= 11 is 0. The van der Waals surface area contributed by atoms with E-state index in [-0.39, 0.29) is 0 Å². The van der Waals surface area contributed by atoms with E-state index in [2.05, 4.69) is 187 Å². The molecule has 0 saturated heterocycles. The summed E-state index contributed by atoms with van der Waals surface area (Å²) in [7, 11) is 0. The van der Waals surface area contributed by atoms with Crippen molar-refractivity contribution in [3.8, 4) is 33.6 Å². The quantitative estimate of drug-likeness (QED) is 0.165. The van der Waals surface area contributed by atoms with Crippen molar-refractivity contribution in [1.29, 1.82) is 0 Å². The van der Waals surface area contributed by atoms with E-state index >= 15 is 0 Å². The average molecular weight is 664 g/mol. The van der Waals surface area contributed by atoms with Crippen LogP contribution in [0.15, 0.2) is 205 Å². The smallest absolute Gasteiger partial charge is 0.135 e. The second-order valence-corrected chi connectivity index (χ2v) is 13.3. The number of anilines is 3. The fraction of sp³-hybridized carbons (Fsp3) is 0. The van der Waals surface area contributed by atoms with E-state index in [1.54, 1.807) is 0 Å². The van der Waals surface area contributed by atoms with Crippen molar-refractivity contribution in [2.75, 3.05) is 4.90 Å². The Bertz CT molecular complexity index is 2890. The number of hydrogen-bond acceptors (Lipinski definition) is 2. The van der Waals surface area contributed by atoms with Crippen molar-refractivity contribution in [3.63, 3.8) is 0 Å². The molecule has 10 rings (SSSR count). The number of furan rings is 1. The highest BCUT2D eigenvalue weighted by molar-refractivity contribution is 6.16. The second-order valence-electron chi connectivity index (χ2n) is 13.3. The van der Waals surface area contributed by atoms with E-state index in [1.165, 1.54) is 49.0 Å². The van der Waals surface area contributed by atoms with Gasteiger partial charge in [0.2, 0.25) is 0 Å². The molecule has 0 aliphatic rings. The first-order valence-corrected chi connectivity index (χ1v) is 17.8. The van der Waals surface area contributed by atoms with Crippen LogP contribution in [0.5, 0.6) is 0 Å². The lowest BCUT2D eigenvalue weighted by atomic mass is 9.94. The molecular weight excluding hydrogens is 631 g/mol. The molecule has 10 aromatic rings. The summed E-state index contributed by atoms with van der Waals surface area (Å²) in [6.45, 7) is 0. The molecule has 244 valence electrons. The Hall–Kier alpha value is -6.90. The molecule has 0 aliphatic carbocycles. The first kappa shape index (κ1) is 30.0. The number of benzene rings is 9. The van der Waals surface area contributed by atoms with Gasteiger partial charge >= 0.3 is 0 Å². The van der Waals surface area contributed by atoms with Gasteiger partial charge in [-0.2, -0.15) is 0 Å². The van der Waals surface area contributed by atoms with Gasteiger partial charge in [-0.1, -0.05) is 158 Å². The van der Waals surface area contributed by atoms with Crippen LogP contribution in [0.3, 0.4) is 0 Å². The highest BCUT2D eigenvalue weighted by atomic mass is 16.3. The summed E-state index contributed by atoms with van der Waals surface area (Å²) in [5.41, 5.74) is 10.0. The van der Waals surface area contributed by atoms with Crippen LogP contribution in [0, 0.1) is 0 Å². The molecule has 0 amide bonds. The molecule has 0 atom stereocenters. The van der Waals surface area contributed by atoms with Crippen LogP contribution in [0.2, 0.25) is 0 Å². The first-order chi connectivity index (χ1) is 25.8. The van der Waals surface area contributed by atoms with Gasteiger partial charge in [0.05, 0.1) is 11.4 Å². The minimum Gasteiger partial charge on any atom is -0.456 e. The van der Waals surface area contributed by atoms with Crippen LogP contribution in [0.25, 0.3) is 76.9 Å². The molecule has 0 bridgehead atoms. The van der Waals surface area contributed by atoms with E-state index in [1.807, 2.05) is 18.2 Å². The van der Waals surface area contributed by atoms with Gasteiger partial charge in [0, 0.05) is 27.4 Å². The lowest BCUT2D eigenvalue weighted by Gasteiger charge is -2.29. The highest BCUT2D eigenvalue weighted by Gasteiger charge is 2.21. The Kier molecular flexibility index (Phi) is 7.18. The second kappa shape index (κ2) is 12.5. The van der Waals surface area contributed by atoms with E-state index in [0.29, 0.717) is 0 Å². The topological polar surface area (TPSA) is 16.4 Å². The predicted molar refractivity (Wildman–Crippen MR) is 220 cm³/mol. The van der Waals surface area contributed by atoms with E-state index in [4.69, 9.17) is 4.42 Å². The van der Waals surface area contributed by atoms with Gasteiger partial charge in [-0.15, -0.1) is 0 Å². The fourth-order valence-electron chi connectivity index (χ4n) is 7.78. The zero-order chi connectivity index (χ0) is 34.4. The monoisotopic (exact) mass is 663 g/mol. The maximum atomic E-state index is 6.28. The maximum Gasteiger partial charge on any atom is 0.135 e. The number of fused-ring (bicyclic) bond motifs is 5. The number of rotatable bonds is 6. The molecule has 52 heavy (non-hydrogen) atoms. The fourth-order valence-corrected chi connectivity index (χ4v) is 7.78. The van der Waals surface area contributed by atoms with Crippen molar-refractivity contribution < 1.29 is 4.42 Å². The third-order valence-electron chi connectivity index (χ3n) is 10.2. The van der Waals surface area contributed by atoms with Crippen molar-refractivity contribution in [1.82, 2.24) is 0 Å². The average Bonchev–Trinajstić information content (AvgIpc) is 3.66. The Labute approximate surface area is 302 Å². The first-order valence-electron chi connectivity index (χ1n) is 17.8. The summed E-state index contributed by atoms with van der Waals surface area (Å²) < 4.78 is 6.28. The highest BCUT2D eigenvalue weighted by Crippen LogP contribution is 2.46. The van der Waals surface area contributed by atoms with Gasteiger partial charge in [-0.25, -0.2) is 0 Å². The molecule has 0 aliphatic heterocycles. The van der Waals surface area contributed by atoms with Crippen molar-refractivity contribution in [2.45, 2.75) is 0 Å². The molecule has 0 N–H and O–H groups in total. The Morgan fingerprint density at radius 2 is 0.942 bits per heavy atom. The molecule has 0 radical (unpaired) electrons. The Morgan fingerprint density at radius 1 is 0.327 bits per heavy atom. The normalized spacial score (nSPS) is 11.5. The van der Waals surface area contributed by atoms with Crippen LogP contribution in [0.4, 0.5) is 17.1 Å². The van der Waals surface area contributed by atoms with Crippen molar-refractivity contribution >= 4 is 60.3 Å². The van der Waals surface area contributed by atoms with Gasteiger partial charge in [0.15, 0.2) is 0 Å². The molecule has 0 saturated carbocycles. The maximum absolute atomic E-state index is 6.28. The number of hydrogen-bond donors (Lipinski definition) is 0. The lowest BCUT2D eigenvalue weighted by Crippen LogP contribution is -2.11. The van der Waals surface area contributed by atoms with Crippen molar-refractivity contribution in [3.05, 3.63) is 200 Å². The van der Waals surface area contributed by atoms with Crippen LogP contribution >= 0.6 is 0 Å². The SMILES string of the molecule is c1ccc(-c2cccc(N(c3ccc(-c4cccc(-c5cc6ccccc6o5)c4)c4ccccc34)c3cc4ccccc4c4ccccc34)c2)cc1. The summed E-state index contributed by atoms with van der Waals surface area (Å²) in [6.07, 6.45) is 0. The molecule has 0 spiro atoms. The van der Waals surface area contributed by atoms with Gasteiger partial charge in [-0.05, 0) is 86.3 Å². The van der Waals surface area contributed by atoms with Crippen LogP contribution in [-0.4, -0.2) is 0 Å². The Morgan fingerprint density at radius 3 is 1.77 bits per heavy atom. The summed E-state index contributed by atoms with van der Waals surface area (Å²) in [4.78, 5) is 2.46. The minimum atomic E-state index is 0.872. The Balaban J connectivity index is 1.20. The third kappa shape index (κ3) is 5.12. The molecule has 1 heterocycles. The molecule has 1 aromatic heterocycles.